The first kappa shape index (κ1) is 26.0. The fourth-order valence-corrected chi connectivity index (χ4v) is 3.80. The zero-order valence-corrected chi connectivity index (χ0v) is 19.9. The SMILES string of the molecule is Clc1ccc2c(c1NCc1ccc(Oc3cccnc3)cc1)CCNCC2.O=C(O)CCC(=O)O. The molecule has 1 aromatic heterocycles. The molecule has 1 aliphatic heterocycles. The molecule has 4 rings (SSSR count). The van der Waals surface area contributed by atoms with Crippen LogP contribution < -0.4 is 15.4 Å². The number of fused-ring (bicyclic) bond motifs is 1. The summed E-state index contributed by atoms with van der Waals surface area (Å²) in [5, 5.41) is 23.6. The summed E-state index contributed by atoms with van der Waals surface area (Å²) in [5.74, 6) is -0.625. The summed E-state index contributed by atoms with van der Waals surface area (Å²) in [7, 11) is 0. The highest BCUT2D eigenvalue weighted by Crippen LogP contribution is 2.31. The highest BCUT2D eigenvalue weighted by atomic mass is 35.5. The molecule has 8 nitrogen and oxygen atoms in total. The molecule has 0 saturated carbocycles. The molecule has 0 aliphatic carbocycles. The molecule has 0 amide bonds. The van der Waals surface area contributed by atoms with Crippen LogP contribution in [0.4, 0.5) is 5.69 Å². The molecule has 2 aromatic carbocycles. The van der Waals surface area contributed by atoms with Crippen LogP contribution in [0.5, 0.6) is 11.5 Å². The van der Waals surface area contributed by atoms with Gasteiger partial charge in [0.05, 0.1) is 29.7 Å². The van der Waals surface area contributed by atoms with E-state index < -0.39 is 11.9 Å². The Morgan fingerprint density at radius 2 is 1.69 bits per heavy atom. The van der Waals surface area contributed by atoms with E-state index in [0.29, 0.717) is 0 Å². The largest absolute Gasteiger partial charge is 0.481 e. The van der Waals surface area contributed by atoms with Crippen molar-refractivity contribution in [1.82, 2.24) is 10.3 Å². The van der Waals surface area contributed by atoms with E-state index in [1.807, 2.05) is 30.3 Å². The molecule has 0 bridgehead atoms. The predicted octanol–water partition coefficient (Wildman–Crippen LogP) is 4.76. The van der Waals surface area contributed by atoms with Gasteiger partial charge in [-0.2, -0.15) is 0 Å². The first-order chi connectivity index (χ1) is 16.9. The Morgan fingerprint density at radius 3 is 2.34 bits per heavy atom. The first-order valence-corrected chi connectivity index (χ1v) is 11.7. The molecule has 184 valence electrons. The van der Waals surface area contributed by atoms with Gasteiger partial charge in [0.1, 0.15) is 11.5 Å². The summed E-state index contributed by atoms with van der Waals surface area (Å²) in [4.78, 5) is 23.3. The van der Waals surface area contributed by atoms with Crippen LogP contribution in [0.1, 0.15) is 29.5 Å². The van der Waals surface area contributed by atoms with E-state index in [0.717, 1.165) is 54.7 Å². The van der Waals surface area contributed by atoms with Crippen LogP contribution in [-0.4, -0.2) is 40.2 Å². The number of hydrogen-bond acceptors (Lipinski definition) is 6. The van der Waals surface area contributed by atoms with Gasteiger partial charge in [-0.05, 0) is 73.0 Å². The van der Waals surface area contributed by atoms with Crippen LogP contribution in [0.3, 0.4) is 0 Å². The van der Waals surface area contributed by atoms with Gasteiger partial charge in [0.25, 0.3) is 0 Å². The summed E-state index contributed by atoms with van der Waals surface area (Å²) >= 11 is 6.49. The van der Waals surface area contributed by atoms with Gasteiger partial charge in [0, 0.05) is 12.7 Å². The van der Waals surface area contributed by atoms with E-state index in [9.17, 15) is 9.59 Å². The smallest absolute Gasteiger partial charge is 0.303 e. The Balaban J connectivity index is 0.000000371. The van der Waals surface area contributed by atoms with Crippen molar-refractivity contribution in [2.75, 3.05) is 18.4 Å². The summed E-state index contributed by atoms with van der Waals surface area (Å²) in [5.41, 5.74) is 4.96. The van der Waals surface area contributed by atoms with Crippen LogP contribution in [0.25, 0.3) is 0 Å². The standard InChI is InChI=1S/C22H22ClN3O.C4H6O4/c23-21-8-5-17-9-12-24-13-10-20(17)22(21)26-14-16-3-6-18(7-4-16)27-19-2-1-11-25-15-19;5-3(6)1-2-4(7)8/h1-8,11,15,24,26H,9-10,12-14H2;1-2H2,(H,5,6)(H,7,8). The van der Waals surface area contributed by atoms with Crippen molar-refractivity contribution in [3.8, 4) is 11.5 Å². The molecule has 4 N–H and O–H groups in total. The number of halogens is 1. The van der Waals surface area contributed by atoms with Crippen molar-refractivity contribution >= 4 is 29.2 Å². The zero-order chi connectivity index (χ0) is 25.0. The summed E-state index contributed by atoms with van der Waals surface area (Å²) < 4.78 is 5.79. The van der Waals surface area contributed by atoms with Gasteiger partial charge in [0.2, 0.25) is 0 Å². The molecule has 0 fully saturated rings. The van der Waals surface area contributed by atoms with Gasteiger partial charge in [-0.25, -0.2) is 0 Å². The average Bonchev–Trinajstić information content (AvgIpc) is 3.10. The molecule has 1 aliphatic rings. The minimum Gasteiger partial charge on any atom is -0.481 e. The molecular formula is C26H28ClN3O5. The molecule has 0 spiro atoms. The predicted molar refractivity (Wildman–Crippen MR) is 134 cm³/mol. The lowest BCUT2D eigenvalue weighted by atomic mass is 10.0. The Hall–Kier alpha value is -3.62. The molecule has 0 unspecified atom stereocenters. The second kappa shape index (κ2) is 13.3. The Labute approximate surface area is 208 Å². The van der Waals surface area contributed by atoms with Gasteiger partial charge in [-0.1, -0.05) is 29.8 Å². The number of benzene rings is 2. The number of nitrogens with zero attached hydrogens (tertiary/aromatic N) is 1. The highest BCUT2D eigenvalue weighted by Gasteiger charge is 2.14. The molecular weight excluding hydrogens is 470 g/mol. The average molecular weight is 498 g/mol. The number of nitrogens with one attached hydrogen (secondary N) is 2. The van der Waals surface area contributed by atoms with Crippen molar-refractivity contribution in [1.29, 1.82) is 0 Å². The first-order valence-electron chi connectivity index (χ1n) is 11.3. The summed E-state index contributed by atoms with van der Waals surface area (Å²) in [6, 6.07) is 16.0. The molecule has 35 heavy (non-hydrogen) atoms. The van der Waals surface area contributed by atoms with Crippen molar-refractivity contribution in [2.24, 2.45) is 0 Å². The quantitative estimate of drug-likeness (QED) is 0.351. The second-order valence-corrected chi connectivity index (χ2v) is 8.29. The zero-order valence-electron chi connectivity index (χ0n) is 19.2. The van der Waals surface area contributed by atoms with Crippen LogP contribution in [0, 0.1) is 0 Å². The van der Waals surface area contributed by atoms with Gasteiger partial charge in [-0.3, -0.25) is 14.6 Å². The topological polar surface area (TPSA) is 121 Å². The Bertz CT molecular complexity index is 1110. The number of anilines is 1. The van der Waals surface area contributed by atoms with E-state index in [-0.39, 0.29) is 12.8 Å². The normalized spacial score (nSPS) is 12.4. The Morgan fingerprint density at radius 1 is 0.971 bits per heavy atom. The minimum absolute atomic E-state index is 0.296. The van der Waals surface area contributed by atoms with E-state index in [1.165, 1.54) is 16.7 Å². The van der Waals surface area contributed by atoms with Gasteiger partial charge in [-0.15, -0.1) is 0 Å². The molecule has 2 heterocycles. The van der Waals surface area contributed by atoms with E-state index >= 15 is 0 Å². The Kier molecular flexibility index (Phi) is 9.89. The van der Waals surface area contributed by atoms with Crippen molar-refractivity contribution < 1.29 is 24.5 Å². The van der Waals surface area contributed by atoms with Crippen molar-refractivity contribution in [3.05, 3.63) is 82.6 Å². The number of carboxylic acid groups (broad SMARTS) is 2. The molecule has 0 saturated heterocycles. The summed E-state index contributed by atoms with van der Waals surface area (Å²) in [6.45, 7) is 2.73. The maximum absolute atomic E-state index is 9.64. The fourth-order valence-electron chi connectivity index (χ4n) is 3.56. The lowest BCUT2D eigenvalue weighted by Crippen LogP contribution is -2.16. The van der Waals surface area contributed by atoms with E-state index in [1.54, 1.807) is 12.4 Å². The number of rotatable bonds is 8. The van der Waals surface area contributed by atoms with Crippen LogP contribution in [-0.2, 0) is 29.0 Å². The molecule has 3 aromatic rings. The number of ether oxygens (including phenoxy) is 1. The lowest BCUT2D eigenvalue weighted by molar-refractivity contribution is -0.143. The number of carbonyl (C=O) groups is 2. The minimum atomic E-state index is -1.08. The lowest BCUT2D eigenvalue weighted by Gasteiger charge is -2.16. The van der Waals surface area contributed by atoms with Crippen LogP contribution >= 0.6 is 11.6 Å². The number of aromatic nitrogens is 1. The number of hydrogen-bond donors (Lipinski definition) is 4. The number of carboxylic acids is 2. The third-order valence-electron chi connectivity index (χ3n) is 5.30. The number of pyridine rings is 1. The molecule has 0 radical (unpaired) electrons. The third-order valence-corrected chi connectivity index (χ3v) is 5.61. The van der Waals surface area contributed by atoms with Crippen LogP contribution in [0.2, 0.25) is 5.02 Å². The van der Waals surface area contributed by atoms with Crippen molar-refractivity contribution in [3.63, 3.8) is 0 Å². The van der Waals surface area contributed by atoms with Gasteiger partial charge >= 0.3 is 11.9 Å². The number of aliphatic carboxylic acids is 2. The fraction of sp³-hybridized carbons (Fsp3) is 0.269. The van der Waals surface area contributed by atoms with Crippen molar-refractivity contribution in [2.45, 2.75) is 32.2 Å². The third kappa shape index (κ3) is 8.59. The monoisotopic (exact) mass is 497 g/mol. The molecule has 9 heteroatoms. The second-order valence-electron chi connectivity index (χ2n) is 7.89. The van der Waals surface area contributed by atoms with Gasteiger partial charge < -0.3 is 25.6 Å². The summed E-state index contributed by atoms with van der Waals surface area (Å²) in [6.07, 6.45) is 4.88. The van der Waals surface area contributed by atoms with E-state index in [2.05, 4.69) is 33.8 Å². The van der Waals surface area contributed by atoms with Gasteiger partial charge in [0.15, 0.2) is 0 Å². The maximum Gasteiger partial charge on any atom is 0.303 e. The van der Waals surface area contributed by atoms with E-state index in [4.69, 9.17) is 26.6 Å². The maximum atomic E-state index is 9.64. The highest BCUT2D eigenvalue weighted by molar-refractivity contribution is 6.33. The van der Waals surface area contributed by atoms with Crippen LogP contribution in [0.15, 0.2) is 60.9 Å². The molecule has 0 atom stereocenters.